The summed E-state index contributed by atoms with van der Waals surface area (Å²) in [6.07, 6.45) is 0.355. The van der Waals surface area contributed by atoms with Gasteiger partial charge in [0, 0.05) is 20.0 Å². The van der Waals surface area contributed by atoms with Gasteiger partial charge >= 0.3 is 0 Å². The molecular weight excluding hydrogens is 182 g/mol. The Morgan fingerprint density at radius 1 is 1.36 bits per heavy atom. The van der Waals surface area contributed by atoms with E-state index in [-0.39, 0.29) is 18.4 Å². The van der Waals surface area contributed by atoms with Crippen LogP contribution in [-0.2, 0) is 9.59 Å². The van der Waals surface area contributed by atoms with Crippen LogP contribution in [0.2, 0.25) is 0 Å². The van der Waals surface area contributed by atoms with E-state index in [0.29, 0.717) is 6.42 Å². The van der Waals surface area contributed by atoms with Crippen LogP contribution in [0.4, 0.5) is 0 Å². The van der Waals surface area contributed by atoms with Crippen LogP contribution in [-0.4, -0.2) is 31.4 Å². The lowest BCUT2D eigenvalue weighted by atomic mass is 10.2. The minimum Gasteiger partial charge on any atom is -0.357 e. The molecule has 0 aliphatic carbocycles. The number of likely N-dealkylation sites (N-methyl/N-ethyl adjacent to an activating group) is 1. The molecule has 1 unspecified atom stereocenters. The summed E-state index contributed by atoms with van der Waals surface area (Å²) in [7, 11) is 1.50. The van der Waals surface area contributed by atoms with Crippen molar-refractivity contribution in [2.75, 3.05) is 13.6 Å². The Kier molecular flexibility index (Phi) is 11.0. The van der Waals surface area contributed by atoms with Crippen molar-refractivity contribution in [2.45, 2.75) is 33.2 Å². The maximum Gasteiger partial charge on any atom is 0.243 e. The van der Waals surface area contributed by atoms with Gasteiger partial charge in [-0.25, -0.2) is 0 Å². The van der Waals surface area contributed by atoms with Gasteiger partial charge in [0.2, 0.25) is 11.8 Å². The van der Waals surface area contributed by atoms with Crippen molar-refractivity contribution in [3.63, 3.8) is 0 Å². The molecule has 0 heterocycles. The van der Waals surface area contributed by atoms with E-state index in [1.54, 1.807) is 6.92 Å². The highest BCUT2D eigenvalue weighted by Gasteiger charge is 2.16. The molecule has 0 bridgehead atoms. The molecule has 0 aliphatic rings. The van der Waals surface area contributed by atoms with Crippen LogP contribution in [0.15, 0.2) is 0 Å². The number of nitrogens with one attached hydrogen (secondary N) is 2. The number of nitrogens with two attached hydrogens (primary N) is 1. The third kappa shape index (κ3) is 6.42. The van der Waals surface area contributed by atoms with Crippen LogP contribution < -0.4 is 16.4 Å². The molecule has 0 aromatic rings. The smallest absolute Gasteiger partial charge is 0.243 e. The number of hydrogen-bond donors (Lipinski definition) is 3. The molecule has 1 atom stereocenters. The van der Waals surface area contributed by atoms with Crippen LogP contribution >= 0.6 is 0 Å². The van der Waals surface area contributed by atoms with Crippen molar-refractivity contribution >= 4 is 11.8 Å². The lowest BCUT2D eigenvalue weighted by Crippen LogP contribution is -2.49. The maximum absolute atomic E-state index is 11.0. The lowest BCUT2D eigenvalue weighted by molar-refractivity contribution is -0.128. The fourth-order valence-corrected chi connectivity index (χ4v) is 0.702. The predicted molar refractivity (Wildman–Crippen MR) is 56.7 cm³/mol. The molecule has 0 radical (unpaired) electrons. The zero-order chi connectivity index (χ0) is 11.6. The van der Waals surface area contributed by atoms with E-state index >= 15 is 0 Å². The number of carbonyl (C=O) groups excluding carboxylic acids is 2. The molecule has 0 spiro atoms. The van der Waals surface area contributed by atoms with Crippen LogP contribution in [0.3, 0.4) is 0 Å². The van der Waals surface area contributed by atoms with Gasteiger partial charge in [-0.15, -0.1) is 0 Å². The lowest BCUT2D eigenvalue weighted by Gasteiger charge is -2.13. The average molecular weight is 203 g/mol. The molecule has 84 valence electrons. The van der Waals surface area contributed by atoms with E-state index < -0.39 is 6.04 Å². The standard InChI is InChI=1S/C7H15N3O2.C2H6/c1-3-6(11)10-5(4-8)7(12)9-2;1-2/h5H,3-4,8H2,1-2H3,(H,9,12)(H,10,11);1-2H3. The largest absolute Gasteiger partial charge is 0.357 e. The third-order valence-corrected chi connectivity index (χ3v) is 1.45. The van der Waals surface area contributed by atoms with Crippen molar-refractivity contribution in [2.24, 2.45) is 5.73 Å². The van der Waals surface area contributed by atoms with Crippen molar-refractivity contribution in [3.05, 3.63) is 0 Å². The second-order valence-corrected chi connectivity index (χ2v) is 2.32. The molecule has 0 fully saturated rings. The molecule has 5 nitrogen and oxygen atoms in total. The van der Waals surface area contributed by atoms with Crippen LogP contribution in [0.25, 0.3) is 0 Å². The quantitative estimate of drug-likeness (QED) is 0.582. The fourth-order valence-electron chi connectivity index (χ4n) is 0.702. The second kappa shape index (κ2) is 9.98. The van der Waals surface area contributed by atoms with E-state index in [2.05, 4.69) is 10.6 Å². The van der Waals surface area contributed by atoms with E-state index in [0.717, 1.165) is 0 Å². The topological polar surface area (TPSA) is 84.2 Å². The van der Waals surface area contributed by atoms with Gasteiger partial charge in [0.15, 0.2) is 0 Å². The zero-order valence-corrected chi connectivity index (χ0v) is 9.39. The first-order chi connectivity index (χ1) is 6.65. The predicted octanol–water partition coefficient (Wildman–Crippen LogP) is -0.388. The first kappa shape index (κ1) is 15.4. The summed E-state index contributed by atoms with van der Waals surface area (Å²) in [5, 5.41) is 4.90. The molecular formula is C9H21N3O2. The zero-order valence-electron chi connectivity index (χ0n) is 9.39. The van der Waals surface area contributed by atoms with Gasteiger partial charge in [-0.2, -0.15) is 0 Å². The van der Waals surface area contributed by atoms with Gasteiger partial charge in [0.25, 0.3) is 0 Å². The number of carbonyl (C=O) groups is 2. The maximum atomic E-state index is 11.0. The summed E-state index contributed by atoms with van der Waals surface area (Å²) in [5.41, 5.74) is 5.28. The minimum absolute atomic E-state index is 0.116. The van der Waals surface area contributed by atoms with Gasteiger partial charge in [-0.05, 0) is 0 Å². The van der Waals surface area contributed by atoms with Gasteiger partial charge in [-0.1, -0.05) is 20.8 Å². The highest BCUT2D eigenvalue weighted by Crippen LogP contribution is 1.83. The molecule has 0 rings (SSSR count). The Morgan fingerprint density at radius 3 is 2.14 bits per heavy atom. The van der Waals surface area contributed by atoms with Crippen molar-refractivity contribution in [1.29, 1.82) is 0 Å². The Bertz CT molecular complexity index is 171. The number of hydrogen-bond acceptors (Lipinski definition) is 3. The van der Waals surface area contributed by atoms with Crippen LogP contribution in [0.5, 0.6) is 0 Å². The SMILES string of the molecule is CC.CCC(=O)NC(CN)C(=O)NC. The van der Waals surface area contributed by atoms with Gasteiger partial charge in [0.05, 0.1) is 0 Å². The molecule has 2 amide bonds. The monoisotopic (exact) mass is 203 g/mol. The molecule has 14 heavy (non-hydrogen) atoms. The molecule has 0 aromatic carbocycles. The first-order valence-electron chi connectivity index (χ1n) is 4.86. The van der Waals surface area contributed by atoms with Crippen molar-refractivity contribution < 1.29 is 9.59 Å². The second-order valence-electron chi connectivity index (χ2n) is 2.32. The van der Waals surface area contributed by atoms with Gasteiger partial charge in [-0.3, -0.25) is 9.59 Å². The molecule has 0 aromatic heterocycles. The summed E-state index contributed by atoms with van der Waals surface area (Å²) >= 11 is 0. The van der Waals surface area contributed by atoms with E-state index in [1.165, 1.54) is 7.05 Å². The van der Waals surface area contributed by atoms with Crippen LogP contribution in [0, 0.1) is 0 Å². The molecule has 5 heteroatoms. The van der Waals surface area contributed by atoms with E-state index in [4.69, 9.17) is 5.73 Å². The Balaban J connectivity index is 0. The summed E-state index contributed by atoms with van der Waals surface area (Å²) < 4.78 is 0. The fraction of sp³-hybridized carbons (Fsp3) is 0.778. The molecule has 4 N–H and O–H groups in total. The molecule has 0 saturated heterocycles. The highest BCUT2D eigenvalue weighted by atomic mass is 16.2. The molecule has 0 saturated carbocycles. The first-order valence-corrected chi connectivity index (χ1v) is 4.86. The summed E-state index contributed by atoms with van der Waals surface area (Å²) in [5.74, 6) is -0.437. The van der Waals surface area contributed by atoms with Crippen molar-refractivity contribution in [3.8, 4) is 0 Å². The summed E-state index contributed by atoms with van der Waals surface area (Å²) in [6.45, 7) is 5.83. The average Bonchev–Trinajstić information content (AvgIpc) is 2.27. The normalized spacial score (nSPS) is 10.6. The van der Waals surface area contributed by atoms with E-state index in [9.17, 15) is 9.59 Å². The molecule has 0 aliphatic heterocycles. The third-order valence-electron chi connectivity index (χ3n) is 1.45. The van der Waals surface area contributed by atoms with Gasteiger partial charge in [0.1, 0.15) is 6.04 Å². The Morgan fingerprint density at radius 2 is 1.86 bits per heavy atom. The summed E-state index contributed by atoms with van der Waals surface area (Å²) in [4.78, 5) is 21.8. The van der Waals surface area contributed by atoms with Gasteiger partial charge < -0.3 is 16.4 Å². The Hall–Kier alpha value is -1.10. The van der Waals surface area contributed by atoms with E-state index in [1.807, 2.05) is 13.8 Å². The Labute approximate surface area is 85.4 Å². The highest BCUT2D eigenvalue weighted by molar-refractivity contribution is 5.87. The number of rotatable bonds is 4. The minimum atomic E-state index is -0.609. The number of amides is 2. The van der Waals surface area contributed by atoms with Crippen molar-refractivity contribution in [1.82, 2.24) is 10.6 Å². The summed E-state index contributed by atoms with van der Waals surface area (Å²) in [6, 6.07) is -0.609. The van der Waals surface area contributed by atoms with Crippen LogP contribution in [0.1, 0.15) is 27.2 Å².